The summed E-state index contributed by atoms with van der Waals surface area (Å²) in [6.07, 6.45) is 6.96. The fourth-order valence-corrected chi connectivity index (χ4v) is 3.84. The molecule has 2 atom stereocenters. The molecule has 0 radical (unpaired) electrons. The van der Waals surface area contributed by atoms with Gasteiger partial charge in [-0.3, -0.25) is 4.79 Å². The molecular weight excluding hydrogens is 274 g/mol. The van der Waals surface area contributed by atoms with Crippen LogP contribution in [0.3, 0.4) is 0 Å². The van der Waals surface area contributed by atoms with Gasteiger partial charge >= 0.3 is 5.97 Å². The Morgan fingerprint density at radius 1 is 1.35 bits per heavy atom. The fourth-order valence-electron chi connectivity index (χ4n) is 3.11. The van der Waals surface area contributed by atoms with Gasteiger partial charge in [0.15, 0.2) is 5.16 Å². The van der Waals surface area contributed by atoms with Crippen molar-refractivity contribution < 1.29 is 9.90 Å². The van der Waals surface area contributed by atoms with Gasteiger partial charge in [0.1, 0.15) is 5.82 Å². The van der Waals surface area contributed by atoms with Crippen LogP contribution in [0.15, 0.2) is 5.16 Å². The molecule has 1 saturated carbocycles. The molecule has 0 saturated heterocycles. The molecule has 0 amide bonds. The van der Waals surface area contributed by atoms with Gasteiger partial charge in [0.25, 0.3) is 0 Å². The Balaban J connectivity index is 2.26. The Hall–Kier alpha value is -1.04. The van der Waals surface area contributed by atoms with Crippen molar-refractivity contribution in [3.8, 4) is 0 Å². The van der Waals surface area contributed by atoms with Gasteiger partial charge in [-0.05, 0) is 18.8 Å². The second-order valence-corrected chi connectivity index (χ2v) is 6.27. The van der Waals surface area contributed by atoms with Gasteiger partial charge in [0, 0.05) is 12.5 Å². The number of rotatable bonds is 6. The zero-order valence-electron chi connectivity index (χ0n) is 12.2. The summed E-state index contributed by atoms with van der Waals surface area (Å²) < 4.78 is 2.22. The minimum atomic E-state index is -0.807. The van der Waals surface area contributed by atoms with Gasteiger partial charge in [0.2, 0.25) is 0 Å². The van der Waals surface area contributed by atoms with E-state index in [9.17, 15) is 4.79 Å². The maximum absolute atomic E-state index is 10.8. The molecule has 0 aliphatic heterocycles. The lowest BCUT2D eigenvalue weighted by Gasteiger charge is -2.33. The maximum atomic E-state index is 10.8. The minimum Gasteiger partial charge on any atom is -0.481 e. The largest absolute Gasteiger partial charge is 0.481 e. The molecule has 2 unspecified atom stereocenters. The number of aliphatic carboxylic acids is 1. The lowest BCUT2D eigenvalue weighted by molar-refractivity contribution is -0.133. The van der Waals surface area contributed by atoms with Gasteiger partial charge in [-0.15, -0.1) is 10.2 Å². The predicted octanol–water partition coefficient (Wildman–Crippen LogP) is 3.16. The van der Waals surface area contributed by atoms with Gasteiger partial charge < -0.3 is 9.67 Å². The Labute approximate surface area is 124 Å². The van der Waals surface area contributed by atoms with Crippen LogP contribution < -0.4 is 0 Å². The van der Waals surface area contributed by atoms with Crippen LogP contribution in [0.1, 0.15) is 57.8 Å². The van der Waals surface area contributed by atoms with Crippen LogP contribution in [0.2, 0.25) is 0 Å². The molecule has 0 spiro atoms. The summed E-state index contributed by atoms with van der Waals surface area (Å²) in [4.78, 5) is 10.8. The van der Waals surface area contributed by atoms with Gasteiger partial charge in [-0.25, -0.2) is 0 Å². The van der Waals surface area contributed by atoms with Crippen molar-refractivity contribution in [2.75, 3.05) is 5.75 Å². The standard InChI is InChI=1S/C14H23N3O2S/c1-3-10-7-5-6-8-11(10)17-12(4-2)15-16-14(17)20-9-13(18)19/h10-11H,3-9H2,1-2H3,(H,18,19). The van der Waals surface area contributed by atoms with E-state index in [1.807, 2.05) is 0 Å². The third-order valence-electron chi connectivity index (χ3n) is 4.10. The van der Waals surface area contributed by atoms with Crippen molar-refractivity contribution in [3.05, 3.63) is 5.82 Å². The number of aromatic nitrogens is 3. The van der Waals surface area contributed by atoms with Crippen LogP contribution in [-0.2, 0) is 11.2 Å². The minimum absolute atomic E-state index is 0.0470. The Bertz CT molecular complexity index is 461. The average Bonchev–Trinajstić information content (AvgIpc) is 2.87. The summed E-state index contributed by atoms with van der Waals surface area (Å²) in [6.45, 7) is 4.32. The molecule has 0 aromatic carbocycles. The normalized spacial score (nSPS) is 22.9. The molecule has 1 N–H and O–H groups in total. The second-order valence-electron chi connectivity index (χ2n) is 5.32. The Morgan fingerprint density at radius 3 is 2.75 bits per heavy atom. The van der Waals surface area contributed by atoms with Crippen molar-refractivity contribution in [2.24, 2.45) is 5.92 Å². The molecule has 1 aliphatic rings. The predicted molar refractivity (Wildman–Crippen MR) is 79.0 cm³/mol. The number of hydrogen-bond acceptors (Lipinski definition) is 4. The Morgan fingerprint density at radius 2 is 2.10 bits per heavy atom. The second kappa shape index (κ2) is 7.11. The van der Waals surface area contributed by atoms with E-state index >= 15 is 0 Å². The Kier molecular flexibility index (Phi) is 5.46. The lowest BCUT2D eigenvalue weighted by atomic mass is 9.82. The first-order chi connectivity index (χ1) is 9.67. The monoisotopic (exact) mass is 297 g/mol. The molecule has 1 heterocycles. The van der Waals surface area contributed by atoms with Crippen LogP contribution in [0.4, 0.5) is 0 Å². The summed E-state index contributed by atoms with van der Waals surface area (Å²) in [5.74, 6) is 0.890. The summed E-state index contributed by atoms with van der Waals surface area (Å²) in [5.41, 5.74) is 0. The number of nitrogens with zero attached hydrogens (tertiary/aromatic N) is 3. The number of carboxylic acids is 1. The van der Waals surface area contributed by atoms with E-state index < -0.39 is 5.97 Å². The van der Waals surface area contributed by atoms with E-state index in [1.54, 1.807) is 0 Å². The van der Waals surface area contributed by atoms with Gasteiger partial charge in [-0.2, -0.15) is 0 Å². The first kappa shape index (κ1) is 15.4. The van der Waals surface area contributed by atoms with E-state index in [0.717, 1.165) is 30.2 Å². The SMILES string of the molecule is CCc1nnc(SCC(=O)O)n1C1CCCCC1CC. The quantitative estimate of drug-likeness (QED) is 0.817. The number of carboxylic acid groups (broad SMARTS) is 1. The van der Waals surface area contributed by atoms with Crippen molar-refractivity contribution in [2.45, 2.75) is 63.6 Å². The third kappa shape index (κ3) is 3.34. The number of carbonyl (C=O) groups is 1. The zero-order valence-corrected chi connectivity index (χ0v) is 13.0. The van der Waals surface area contributed by atoms with Crippen LogP contribution in [0.5, 0.6) is 0 Å². The third-order valence-corrected chi connectivity index (χ3v) is 5.03. The van der Waals surface area contributed by atoms with Crippen molar-refractivity contribution >= 4 is 17.7 Å². The molecule has 112 valence electrons. The van der Waals surface area contributed by atoms with Crippen LogP contribution >= 0.6 is 11.8 Å². The van der Waals surface area contributed by atoms with E-state index in [1.165, 1.54) is 31.0 Å². The van der Waals surface area contributed by atoms with Crippen LogP contribution in [0, 0.1) is 5.92 Å². The lowest BCUT2D eigenvalue weighted by Crippen LogP contribution is -2.25. The number of hydrogen-bond donors (Lipinski definition) is 1. The molecule has 5 nitrogen and oxygen atoms in total. The van der Waals surface area contributed by atoms with Crippen molar-refractivity contribution in [1.82, 2.24) is 14.8 Å². The summed E-state index contributed by atoms with van der Waals surface area (Å²) in [7, 11) is 0. The molecule has 6 heteroatoms. The molecule has 1 aromatic rings. The molecule has 2 rings (SSSR count). The highest BCUT2D eigenvalue weighted by Gasteiger charge is 2.29. The highest BCUT2D eigenvalue weighted by atomic mass is 32.2. The topological polar surface area (TPSA) is 68.0 Å². The van der Waals surface area contributed by atoms with Crippen LogP contribution in [0.25, 0.3) is 0 Å². The van der Waals surface area contributed by atoms with Gasteiger partial charge in [-0.1, -0.05) is 44.9 Å². The zero-order chi connectivity index (χ0) is 14.5. The average molecular weight is 297 g/mol. The smallest absolute Gasteiger partial charge is 0.313 e. The van der Waals surface area contributed by atoms with Crippen molar-refractivity contribution in [1.29, 1.82) is 0 Å². The summed E-state index contributed by atoms with van der Waals surface area (Å²) in [6, 6.07) is 0.440. The molecule has 1 aliphatic carbocycles. The number of aryl methyl sites for hydroxylation is 1. The number of thioether (sulfide) groups is 1. The van der Waals surface area contributed by atoms with E-state index in [-0.39, 0.29) is 5.75 Å². The molecule has 0 bridgehead atoms. The molecule has 20 heavy (non-hydrogen) atoms. The van der Waals surface area contributed by atoms with E-state index in [2.05, 4.69) is 28.6 Å². The highest BCUT2D eigenvalue weighted by Crippen LogP contribution is 2.38. The summed E-state index contributed by atoms with van der Waals surface area (Å²) in [5, 5.41) is 18.1. The molecule has 1 fully saturated rings. The van der Waals surface area contributed by atoms with Crippen LogP contribution in [-0.4, -0.2) is 31.6 Å². The summed E-state index contributed by atoms with van der Waals surface area (Å²) >= 11 is 1.29. The molecular formula is C14H23N3O2S. The first-order valence-corrected chi connectivity index (χ1v) is 8.44. The first-order valence-electron chi connectivity index (χ1n) is 7.45. The molecule has 1 aromatic heterocycles. The maximum Gasteiger partial charge on any atom is 0.313 e. The van der Waals surface area contributed by atoms with Crippen molar-refractivity contribution in [3.63, 3.8) is 0 Å². The fraction of sp³-hybridized carbons (Fsp3) is 0.786. The van der Waals surface area contributed by atoms with Gasteiger partial charge in [0.05, 0.1) is 5.75 Å². The van der Waals surface area contributed by atoms with E-state index in [4.69, 9.17) is 5.11 Å². The van der Waals surface area contributed by atoms with E-state index in [0.29, 0.717) is 12.0 Å². The highest BCUT2D eigenvalue weighted by molar-refractivity contribution is 7.99.